The minimum Gasteiger partial charge on any atom is -0.357 e. The van der Waals surface area contributed by atoms with Gasteiger partial charge in [-0.3, -0.25) is 4.99 Å². The Morgan fingerprint density at radius 3 is 2.78 bits per heavy atom. The van der Waals surface area contributed by atoms with Crippen molar-refractivity contribution in [2.24, 2.45) is 4.99 Å². The third-order valence-electron chi connectivity index (χ3n) is 2.31. The van der Waals surface area contributed by atoms with Crippen LogP contribution >= 0.6 is 11.3 Å². The van der Waals surface area contributed by atoms with Crippen LogP contribution in [0.1, 0.15) is 38.4 Å². The Bertz CT molecular complexity index is 371. The molecule has 4 nitrogen and oxygen atoms in total. The number of guanidine groups is 1. The monoisotopic (exact) mass is 268 g/mol. The van der Waals surface area contributed by atoms with E-state index in [0.29, 0.717) is 6.04 Å². The van der Waals surface area contributed by atoms with Crippen LogP contribution in [0.3, 0.4) is 0 Å². The fourth-order valence-electron chi connectivity index (χ4n) is 1.50. The maximum Gasteiger partial charge on any atom is 0.191 e. The number of thiazole rings is 1. The van der Waals surface area contributed by atoms with Crippen LogP contribution in [0, 0.1) is 0 Å². The van der Waals surface area contributed by atoms with Crippen molar-refractivity contribution in [3.05, 3.63) is 16.1 Å². The minimum atomic E-state index is 0.397. The van der Waals surface area contributed by atoms with Gasteiger partial charge in [-0.1, -0.05) is 6.92 Å². The number of aryl methyl sites for hydroxylation is 1. The van der Waals surface area contributed by atoms with Crippen molar-refractivity contribution < 1.29 is 0 Å². The summed E-state index contributed by atoms with van der Waals surface area (Å²) in [6.45, 7) is 10.1. The van der Waals surface area contributed by atoms with Crippen molar-refractivity contribution in [2.45, 2.75) is 46.6 Å². The lowest BCUT2D eigenvalue weighted by molar-refractivity contribution is 0.700. The van der Waals surface area contributed by atoms with Gasteiger partial charge in [-0.2, -0.15) is 0 Å². The van der Waals surface area contributed by atoms with Gasteiger partial charge in [0.15, 0.2) is 5.96 Å². The second-order valence-electron chi connectivity index (χ2n) is 4.40. The molecule has 0 saturated heterocycles. The molecule has 1 heterocycles. The highest BCUT2D eigenvalue weighted by atomic mass is 32.1. The first-order valence-electron chi connectivity index (χ1n) is 6.63. The van der Waals surface area contributed by atoms with Gasteiger partial charge in [0, 0.05) is 30.9 Å². The van der Waals surface area contributed by atoms with Gasteiger partial charge >= 0.3 is 0 Å². The molecule has 18 heavy (non-hydrogen) atoms. The largest absolute Gasteiger partial charge is 0.357 e. The summed E-state index contributed by atoms with van der Waals surface area (Å²) >= 11 is 1.74. The summed E-state index contributed by atoms with van der Waals surface area (Å²) in [7, 11) is 0. The molecule has 0 fully saturated rings. The van der Waals surface area contributed by atoms with Gasteiger partial charge in [0.25, 0.3) is 0 Å². The lowest BCUT2D eigenvalue weighted by Gasteiger charge is -2.13. The molecule has 102 valence electrons. The Kier molecular flexibility index (Phi) is 6.72. The van der Waals surface area contributed by atoms with Gasteiger partial charge in [0.2, 0.25) is 0 Å². The Morgan fingerprint density at radius 1 is 1.44 bits per heavy atom. The molecular formula is C13H24N4S. The fourth-order valence-corrected chi connectivity index (χ4v) is 2.28. The first-order chi connectivity index (χ1) is 8.65. The molecule has 1 rings (SSSR count). The number of nitrogens with one attached hydrogen (secondary N) is 2. The quantitative estimate of drug-likeness (QED) is 0.614. The van der Waals surface area contributed by atoms with E-state index in [4.69, 9.17) is 0 Å². The van der Waals surface area contributed by atoms with E-state index in [1.807, 2.05) is 0 Å². The van der Waals surface area contributed by atoms with E-state index < -0.39 is 0 Å². The normalized spacial score (nSPS) is 11.9. The first kappa shape index (κ1) is 15.0. The number of hydrogen-bond donors (Lipinski definition) is 2. The molecule has 0 bridgehead atoms. The van der Waals surface area contributed by atoms with Crippen molar-refractivity contribution in [2.75, 3.05) is 13.1 Å². The molecule has 1 aromatic heterocycles. The smallest absolute Gasteiger partial charge is 0.191 e. The highest BCUT2D eigenvalue weighted by Gasteiger charge is 2.01. The number of aromatic nitrogens is 1. The van der Waals surface area contributed by atoms with Crippen LogP contribution in [0.25, 0.3) is 0 Å². The summed E-state index contributed by atoms with van der Waals surface area (Å²) < 4.78 is 0. The Morgan fingerprint density at radius 2 is 2.22 bits per heavy atom. The SMILES string of the molecule is CCNC(=NCCc1csc(CC)n1)NC(C)C. The lowest BCUT2D eigenvalue weighted by atomic mass is 10.3. The van der Waals surface area contributed by atoms with E-state index in [2.05, 4.69) is 53.7 Å². The van der Waals surface area contributed by atoms with Crippen molar-refractivity contribution in [1.29, 1.82) is 0 Å². The molecule has 0 saturated carbocycles. The van der Waals surface area contributed by atoms with E-state index in [1.165, 1.54) is 5.01 Å². The maximum atomic E-state index is 4.54. The van der Waals surface area contributed by atoms with Crippen molar-refractivity contribution in [3.63, 3.8) is 0 Å². The number of hydrogen-bond acceptors (Lipinski definition) is 3. The summed E-state index contributed by atoms with van der Waals surface area (Å²) in [5.41, 5.74) is 1.15. The van der Waals surface area contributed by atoms with Gasteiger partial charge in [0.05, 0.1) is 10.7 Å². The summed E-state index contributed by atoms with van der Waals surface area (Å²) in [4.78, 5) is 9.08. The van der Waals surface area contributed by atoms with Gasteiger partial charge < -0.3 is 10.6 Å². The zero-order chi connectivity index (χ0) is 13.4. The lowest BCUT2D eigenvalue weighted by Crippen LogP contribution is -2.41. The molecular weight excluding hydrogens is 244 g/mol. The second-order valence-corrected chi connectivity index (χ2v) is 5.34. The van der Waals surface area contributed by atoms with E-state index in [-0.39, 0.29) is 0 Å². The van der Waals surface area contributed by atoms with Gasteiger partial charge in [-0.05, 0) is 27.2 Å². The van der Waals surface area contributed by atoms with E-state index in [0.717, 1.165) is 37.6 Å². The third-order valence-corrected chi connectivity index (χ3v) is 3.35. The van der Waals surface area contributed by atoms with E-state index >= 15 is 0 Å². The molecule has 0 radical (unpaired) electrons. The molecule has 1 aromatic rings. The highest BCUT2D eigenvalue weighted by molar-refractivity contribution is 7.09. The molecule has 2 N–H and O–H groups in total. The third kappa shape index (κ3) is 5.49. The summed E-state index contributed by atoms with van der Waals surface area (Å²) in [6.07, 6.45) is 1.93. The van der Waals surface area contributed by atoms with Gasteiger partial charge in [-0.15, -0.1) is 11.3 Å². The van der Waals surface area contributed by atoms with Crippen LogP contribution in [-0.2, 0) is 12.8 Å². The zero-order valence-corrected chi connectivity index (χ0v) is 12.6. The van der Waals surface area contributed by atoms with Crippen LogP contribution in [0.4, 0.5) is 0 Å². The number of nitrogens with zero attached hydrogens (tertiary/aromatic N) is 2. The molecule has 0 spiro atoms. The summed E-state index contributed by atoms with van der Waals surface area (Å²) in [5, 5.41) is 9.89. The molecule has 0 aromatic carbocycles. The van der Waals surface area contributed by atoms with E-state index in [1.54, 1.807) is 11.3 Å². The predicted octanol–water partition coefficient (Wildman–Crippen LogP) is 2.21. The van der Waals surface area contributed by atoms with Gasteiger partial charge in [0.1, 0.15) is 0 Å². The van der Waals surface area contributed by atoms with Gasteiger partial charge in [-0.25, -0.2) is 4.98 Å². The Labute approximate surface area is 114 Å². The average molecular weight is 268 g/mol. The fraction of sp³-hybridized carbons (Fsp3) is 0.692. The molecule has 0 amide bonds. The molecule has 0 aliphatic heterocycles. The van der Waals surface area contributed by atoms with E-state index in [9.17, 15) is 0 Å². The van der Waals surface area contributed by atoms with Crippen molar-refractivity contribution in [1.82, 2.24) is 15.6 Å². The van der Waals surface area contributed by atoms with Crippen molar-refractivity contribution in [3.8, 4) is 0 Å². The first-order valence-corrected chi connectivity index (χ1v) is 7.51. The molecule has 0 unspecified atom stereocenters. The minimum absolute atomic E-state index is 0.397. The van der Waals surface area contributed by atoms with Crippen LogP contribution < -0.4 is 10.6 Å². The van der Waals surface area contributed by atoms with Crippen molar-refractivity contribution >= 4 is 17.3 Å². The molecule has 0 atom stereocenters. The molecule has 0 aliphatic carbocycles. The average Bonchev–Trinajstić information content (AvgIpc) is 2.76. The zero-order valence-electron chi connectivity index (χ0n) is 11.8. The Balaban J connectivity index is 2.44. The van der Waals surface area contributed by atoms with Crippen LogP contribution in [0.2, 0.25) is 0 Å². The summed E-state index contributed by atoms with van der Waals surface area (Å²) in [6, 6.07) is 0.397. The topological polar surface area (TPSA) is 49.3 Å². The van der Waals surface area contributed by atoms with Crippen LogP contribution in [-0.4, -0.2) is 30.1 Å². The summed E-state index contributed by atoms with van der Waals surface area (Å²) in [5.74, 6) is 0.887. The number of aliphatic imine (C=N–C) groups is 1. The van der Waals surface area contributed by atoms with Crippen LogP contribution in [0.15, 0.2) is 10.4 Å². The molecule has 5 heteroatoms. The standard InChI is InChI=1S/C13H24N4S/c1-5-12-17-11(9-18-12)7-8-15-13(14-6-2)16-10(3)4/h9-10H,5-8H2,1-4H3,(H2,14,15,16). The maximum absolute atomic E-state index is 4.54. The predicted molar refractivity (Wildman–Crippen MR) is 79.4 cm³/mol. The second kappa shape index (κ2) is 8.08. The highest BCUT2D eigenvalue weighted by Crippen LogP contribution is 2.10. The number of rotatable bonds is 6. The van der Waals surface area contributed by atoms with Crippen LogP contribution in [0.5, 0.6) is 0 Å². The Hall–Kier alpha value is -1.10. The molecule has 0 aliphatic rings.